The van der Waals surface area contributed by atoms with E-state index in [-0.39, 0.29) is 0 Å². The second kappa shape index (κ2) is 5.84. The third-order valence-electron chi connectivity index (χ3n) is 3.16. The van der Waals surface area contributed by atoms with Gasteiger partial charge in [-0.3, -0.25) is 4.79 Å². The largest absolute Gasteiger partial charge is 0.493 e. The van der Waals surface area contributed by atoms with Crippen molar-refractivity contribution in [2.45, 2.75) is 6.92 Å². The molecule has 0 radical (unpaired) electrons. The number of pyridine rings is 1. The van der Waals surface area contributed by atoms with Crippen molar-refractivity contribution in [1.82, 2.24) is 4.98 Å². The molecule has 106 valence electrons. The molecule has 21 heavy (non-hydrogen) atoms. The van der Waals surface area contributed by atoms with Gasteiger partial charge in [-0.1, -0.05) is 23.7 Å². The van der Waals surface area contributed by atoms with E-state index >= 15 is 0 Å². The first-order valence-electron chi connectivity index (χ1n) is 6.50. The van der Waals surface area contributed by atoms with Crippen LogP contribution in [0.15, 0.2) is 35.7 Å². The van der Waals surface area contributed by atoms with E-state index in [4.69, 9.17) is 16.3 Å². The molecular formula is C16H12ClNO2S. The zero-order chi connectivity index (χ0) is 14.8. The zero-order valence-electron chi connectivity index (χ0n) is 11.3. The summed E-state index contributed by atoms with van der Waals surface area (Å²) in [4.78, 5) is 16.0. The quantitative estimate of drug-likeness (QED) is 0.511. The van der Waals surface area contributed by atoms with Crippen molar-refractivity contribution in [2.75, 3.05) is 6.61 Å². The van der Waals surface area contributed by atoms with Crippen LogP contribution < -0.4 is 4.74 Å². The summed E-state index contributed by atoms with van der Waals surface area (Å²) in [7, 11) is 0. The van der Waals surface area contributed by atoms with Gasteiger partial charge in [0.2, 0.25) is 0 Å². The predicted molar refractivity (Wildman–Crippen MR) is 86.6 cm³/mol. The molecule has 0 bridgehead atoms. The van der Waals surface area contributed by atoms with E-state index in [0.717, 1.165) is 21.9 Å². The van der Waals surface area contributed by atoms with Crippen LogP contribution in [0.25, 0.3) is 21.3 Å². The maximum Gasteiger partial charge on any atom is 0.153 e. The number of benzene rings is 1. The molecule has 3 aromatic rings. The molecule has 2 heterocycles. The molecule has 0 atom stereocenters. The molecular weight excluding hydrogens is 306 g/mol. The number of ether oxygens (including phenoxy) is 1. The maximum atomic E-state index is 11.6. The average molecular weight is 318 g/mol. The van der Waals surface area contributed by atoms with Gasteiger partial charge in [0.25, 0.3) is 0 Å². The Morgan fingerprint density at radius 1 is 1.33 bits per heavy atom. The SMILES string of the molecule is CCOc1ccccc1-c1nc(Cl)c2ccsc2c1C=O. The second-order valence-electron chi connectivity index (χ2n) is 4.38. The summed E-state index contributed by atoms with van der Waals surface area (Å²) >= 11 is 7.73. The van der Waals surface area contributed by atoms with Crippen LogP contribution in [0.2, 0.25) is 5.15 Å². The molecule has 0 fully saturated rings. The fourth-order valence-electron chi connectivity index (χ4n) is 2.26. The molecule has 1 aromatic carbocycles. The van der Waals surface area contributed by atoms with Crippen LogP contribution in [-0.2, 0) is 0 Å². The van der Waals surface area contributed by atoms with Crippen molar-refractivity contribution in [2.24, 2.45) is 0 Å². The maximum absolute atomic E-state index is 11.6. The molecule has 0 aliphatic rings. The van der Waals surface area contributed by atoms with Gasteiger partial charge in [0.1, 0.15) is 10.9 Å². The summed E-state index contributed by atoms with van der Waals surface area (Å²) in [6, 6.07) is 9.40. The van der Waals surface area contributed by atoms with Gasteiger partial charge in [-0.2, -0.15) is 0 Å². The first kappa shape index (κ1) is 14.0. The van der Waals surface area contributed by atoms with Gasteiger partial charge in [0.05, 0.1) is 22.6 Å². The third kappa shape index (κ3) is 2.41. The van der Waals surface area contributed by atoms with Gasteiger partial charge in [-0.05, 0) is 30.5 Å². The molecule has 2 aromatic heterocycles. The molecule has 0 amide bonds. The molecule has 3 rings (SSSR count). The highest BCUT2D eigenvalue weighted by Gasteiger charge is 2.17. The Labute approximate surface area is 131 Å². The number of aromatic nitrogens is 1. The normalized spacial score (nSPS) is 10.8. The number of para-hydroxylation sites is 1. The van der Waals surface area contributed by atoms with Gasteiger partial charge < -0.3 is 4.74 Å². The zero-order valence-corrected chi connectivity index (χ0v) is 12.9. The smallest absolute Gasteiger partial charge is 0.153 e. The summed E-state index contributed by atoms with van der Waals surface area (Å²) in [5.74, 6) is 0.697. The van der Waals surface area contributed by atoms with Crippen LogP contribution in [0, 0.1) is 0 Å². The topological polar surface area (TPSA) is 39.2 Å². The predicted octanol–water partition coefficient (Wildman–Crippen LogP) is 4.83. The first-order valence-corrected chi connectivity index (χ1v) is 7.76. The van der Waals surface area contributed by atoms with E-state index in [1.807, 2.05) is 42.6 Å². The summed E-state index contributed by atoms with van der Waals surface area (Å²) in [5.41, 5.74) is 1.89. The average Bonchev–Trinajstić information content (AvgIpc) is 2.98. The fraction of sp³-hybridized carbons (Fsp3) is 0.125. The summed E-state index contributed by atoms with van der Waals surface area (Å²) in [6.07, 6.45) is 0.834. The number of rotatable bonds is 4. The highest BCUT2D eigenvalue weighted by atomic mass is 35.5. The van der Waals surface area contributed by atoms with Crippen LogP contribution in [0.4, 0.5) is 0 Å². The fourth-order valence-corrected chi connectivity index (χ4v) is 3.47. The van der Waals surface area contributed by atoms with E-state index < -0.39 is 0 Å². The molecule has 0 N–H and O–H groups in total. The van der Waals surface area contributed by atoms with E-state index in [2.05, 4.69) is 4.98 Å². The Hall–Kier alpha value is -1.91. The molecule has 0 saturated heterocycles. The van der Waals surface area contributed by atoms with Gasteiger partial charge >= 0.3 is 0 Å². The number of nitrogens with zero attached hydrogens (tertiary/aromatic N) is 1. The Morgan fingerprint density at radius 2 is 2.14 bits per heavy atom. The summed E-state index contributed by atoms with van der Waals surface area (Å²) in [5, 5.41) is 3.11. The molecule has 0 saturated carbocycles. The monoisotopic (exact) mass is 317 g/mol. The van der Waals surface area contributed by atoms with E-state index in [1.54, 1.807) is 0 Å². The first-order chi connectivity index (χ1) is 10.3. The standard InChI is InChI=1S/C16H12ClNO2S/c1-2-20-13-6-4-3-5-10(13)14-12(9-19)15-11(7-8-21-15)16(17)18-14/h3-9H,2H2,1H3. The van der Waals surface area contributed by atoms with Crippen molar-refractivity contribution >= 4 is 39.3 Å². The summed E-state index contributed by atoms with van der Waals surface area (Å²) < 4.78 is 6.48. The van der Waals surface area contributed by atoms with E-state index in [0.29, 0.717) is 28.8 Å². The van der Waals surface area contributed by atoms with E-state index in [1.165, 1.54) is 11.3 Å². The molecule has 0 unspecified atom stereocenters. The highest BCUT2D eigenvalue weighted by molar-refractivity contribution is 7.17. The van der Waals surface area contributed by atoms with Crippen LogP contribution >= 0.6 is 22.9 Å². The van der Waals surface area contributed by atoms with Crippen molar-refractivity contribution in [3.05, 3.63) is 46.4 Å². The Kier molecular flexibility index (Phi) is 3.90. The lowest BCUT2D eigenvalue weighted by Crippen LogP contribution is -1.98. The van der Waals surface area contributed by atoms with Crippen LogP contribution in [0.1, 0.15) is 17.3 Å². The van der Waals surface area contributed by atoms with Crippen LogP contribution in [0.3, 0.4) is 0 Å². The number of carbonyl (C=O) groups excluding carboxylic acids is 1. The Bertz CT molecular complexity index is 813. The Morgan fingerprint density at radius 3 is 2.90 bits per heavy atom. The van der Waals surface area contributed by atoms with Gasteiger partial charge in [-0.25, -0.2) is 4.98 Å². The molecule has 0 aliphatic heterocycles. The number of fused-ring (bicyclic) bond motifs is 1. The lowest BCUT2D eigenvalue weighted by molar-refractivity contribution is 0.112. The Balaban J connectivity index is 2.32. The number of hydrogen-bond acceptors (Lipinski definition) is 4. The second-order valence-corrected chi connectivity index (χ2v) is 5.65. The number of thiophene rings is 1. The number of aldehydes is 1. The minimum Gasteiger partial charge on any atom is -0.493 e. The van der Waals surface area contributed by atoms with Crippen LogP contribution in [-0.4, -0.2) is 17.9 Å². The summed E-state index contributed by atoms with van der Waals surface area (Å²) in [6.45, 7) is 2.46. The lowest BCUT2D eigenvalue weighted by atomic mass is 10.0. The minimum atomic E-state index is 0.401. The molecule has 0 spiro atoms. The van der Waals surface area contributed by atoms with E-state index in [9.17, 15) is 4.79 Å². The van der Waals surface area contributed by atoms with Gasteiger partial charge in [-0.15, -0.1) is 11.3 Å². The minimum absolute atomic E-state index is 0.401. The van der Waals surface area contributed by atoms with Gasteiger partial charge in [0.15, 0.2) is 6.29 Å². The number of hydrogen-bond donors (Lipinski definition) is 0. The van der Waals surface area contributed by atoms with Crippen LogP contribution in [0.5, 0.6) is 5.75 Å². The lowest BCUT2D eigenvalue weighted by Gasteiger charge is -2.12. The number of halogens is 1. The van der Waals surface area contributed by atoms with Crippen molar-refractivity contribution in [3.8, 4) is 17.0 Å². The highest BCUT2D eigenvalue weighted by Crippen LogP contribution is 2.37. The van der Waals surface area contributed by atoms with Crippen molar-refractivity contribution in [3.63, 3.8) is 0 Å². The van der Waals surface area contributed by atoms with Gasteiger partial charge in [0, 0.05) is 10.9 Å². The van der Waals surface area contributed by atoms with Crippen molar-refractivity contribution < 1.29 is 9.53 Å². The molecule has 0 aliphatic carbocycles. The third-order valence-corrected chi connectivity index (χ3v) is 4.39. The van der Waals surface area contributed by atoms with Crippen molar-refractivity contribution in [1.29, 1.82) is 0 Å². The number of carbonyl (C=O) groups is 1. The molecule has 3 nitrogen and oxygen atoms in total. The molecule has 5 heteroatoms.